The molecule has 0 radical (unpaired) electrons. The Morgan fingerprint density at radius 1 is 1.02 bits per heavy atom. The van der Waals surface area contributed by atoms with E-state index in [1.54, 1.807) is 6.92 Å². The number of hydrogen-bond acceptors (Lipinski definition) is 10. The minimum absolute atomic E-state index is 0.138. The lowest BCUT2D eigenvalue weighted by Crippen LogP contribution is -2.70. The van der Waals surface area contributed by atoms with Crippen LogP contribution < -0.4 is 0 Å². The van der Waals surface area contributed by atoms with Gasteiger partial charge in [-0.1, -0.05) is 13.8 Å². The first-order valence-corrected chi connectivity index (χ1v) is 14.9. The van der Waals surface area contributed by atoms with E-state index in [1.807, 2.05) is 6.92 Å². The summed E-state index contributed by atoms with van der Waals surface area (Å²) in [6.07, 6.45) is 0.0981. The number of esters is 1. The average Bonchev–Trinajstić information content (AvgIpc) is 3.47. The number of cyclic esters (lactones) is 1. The van der Waals surface area contributed by atoms with Gasteiger partial charge in [0, 0.05) is 24.5 Å². The van der Waals surface area contributed by atoms with Crippen molar-refractivity contribution in [2.75, 3.05) is 13.7 Å². The van der Waals surface area contributed by atoms with Gasteiger partial charge in [-0.2, -0.15) is 0 Å². The quantitative estimate of drug-likeness (QED) is 0.290. The number of hydrogen-bond donors (Lipinski definition) is 4. The van der Waals surface area contributed by atoms with Gasteiger partial charge in [0.05, 0.1) is 17.8 Å². The van der Waals surface area contributed by atoms with Crippen LogP contribution >= 0.6 is 0 Å². The summed E-state index contributed by atoms with van der Waals surface area (Å²) in [4.78, 5) is 25.9. The molecule has 2 heterocycles. The maximum atomic E-state index is 14.1. The number of ether oxygens (including phenoxy) is 4. The highest BCUT2D eigenvalue weighted by Gasteiger charge is 2.73. The van der Waals surface area contributed by atoms with Gasteiger partial charge in [-0.15, -0.1) is 0 Å². The molecule has 10 nitrogen and oxygen atoms in total. The van der Waals surface area contributed by atoms with Crippen LogP contribution in [0.1, 0.15) is 65.7 Å². The van der Waals surface area contributed by atoms with E-state index in [4.69, 9.17) is 18.9 Å². The van der Waals surface area contributed by atoms with Crippen LogP contribution in [-0.2, 0) is 28.5 Å². The first-order chi connectivity index (χ1) is 18.9. The van der Waals surface area contributed by atoms with Crippen molar-refractivity contribution in [2.45, 2.75) is 114 Å². The lowest BCUT2D eigenvalue weighted by atomic mass is 9.42. The van der Waals surface area contributed by atoms with Crippen LogP contribution in [0.5, 0.6) is 0 Å². The highest BCUT2D eigenvalue weighted by atomic mass is 16.7. The maximum Gasteiger partial charge on any atom is 0.331 e. The molecular weight excluding hydrogens is 520 g/mol. The molecule has 2 aliphatic heterocycles. The van der Waals surface area contributed by atoms with Crippen LogP contribution in [0.4, 0.5) is 0 Å². The van der Waals surface area contributed by atoms with Crippen molar-refractivity contribution in [2.24, 2.45) is 34.5 Å². The molecule has 5 fully saturated rings. The number of carbonyl (C=O) groups excluding carboxylic acids is 2. The number of Topliss-reactive ketones (excluding diaryl/α,β-unsaturated/α-hetero) is 1. The predicted octanol–water partition coefficient (Wildman–Crippen LogP) is 1.26. The van der Waals surface area contributed by atoms with E-state index in [1.165, 1.54) is 13.2 Å². The second-order valence-corrected chi connectivity index (χ2v) is 13.7. The number of methoxy groups -OCH3 is 1. The normalized spacial score (nSPS) is 54.3. The average molecular weight is 565 g/mol. The summed E-state index contributed by atoms with van der Waals surface area (Å²) in [6, 6.07) is 0. The second kappa shape index (κ2) is 9.82. The summed E-state index contributed by atoms with van der Waals surface area (Å²) in [7, 11) is 1.44. The number of rotatable bonds is 4. The smallest absolute Gasteiger partial charge is 0.331 e. The van der Waals surface area contributed by atoms with Crippen molar-refractivity contribution in [1.82, 2.24) is 0 Å². The minimum atomic E-state index is -1.34. The summed E-state index contributed by atoms with van der Waals surface area (Å²) in [5.41, 5.74) is -1.96. The van der Waals surface area contributed by atoms with Crippen molar-refractivity contribution in [3.8, 4) is 0 Å². The number of carbonyl (C=O) groups is 2. The third-order valence-electron chi connectivity index (χ3n) is 12.2. The van der Waals surface area contributed by atoms with Crippen molar-refractivity contribution in [3.05, 3.63) is 11.6 Å². The molecular formula is C30H44O10. The monoisotopic (exact) mass is 564 g/mol. The maximum absolute atomic E-state index is 14.1. The lowest BCUT2D eigenvalue weighted by molar-refractivity contribution is -0.313. The molecule has 0 aromatic heterocycles. The second-order valence-electron chi connectivity index (χ2n) is 13.7. The van der Waals surface area contributed by atoms with E-state index in [-0.39, 0.29) is 36.2 Å². The topological polar surface area (TPSA) is 152 Å². The van der Waals surface area contributed by atoms with Gasteiger partial charge in [0.15, 0.2) is 12.1 Å². The van der Waals surface area contributed by atoms with Gasteiger partial charge in [0.2, 0.25) is 0 Å². The van der Waals surface area contributed by atoms with Crippen LogP contribution in [0.2, 0.25) is 0 Å². The Bertz CT molecular complexity index is 1080. The molecule has 4 N–H and O–H groups in total. The van der Waals surface area contributed by atoms with Crippen molar-refractivity contribution < 1.29 is 49.0 Å². The Kier molecular flexibility index (Phi) is 7.05. The first-order valence-electron chi connectivity index (χ1n) is 14.9. The molecule has 0 aromatic carbocycles. The minimum Gasteiger partial charge on any atom is -0.458 e. The number of fused-ring (bicyclic) bond motifs is 5. The molecule has 1 unspecified atom stereocenters. The van der Waals surface area contributed by atoms with Gasteiger partial charge in [0.1, 0.15) is 31.0 Å². The predicted molar refractivity (Wildman–Crippen MR) is 140 cm³/mol. The molecule has 6 aliphatic rings. The molecule has 0 spiro atoms. The molecule has 0 bridgehead atoms. The van der Waals surface area contributed by atoms with Gasteiger partial charge in [-0.05, 0) is 80.6 Å². The zero-order valence-electron chi connectivity index (χ0n) is 23.8. The summed E-state index contributed by atoms with van der Waals surface area (Å²) >= 11 is 0. The fourth-order valence-electron chi connectivity index (χ4n) is 9.86. The molecule has 40 heavy (non-hydrogen) atoms. The van der Waals surface area contributed by atoms with E-state index in [0.29, 0.717) is 38.5 Å². The van der Waals surface area contributed by atoms with E-state index in [9.17, 15) is 30.0 Å². The molecule has 4 aliphatic carbocycles. The molecule has 224 valence electrons. The van der Waals surface area contributed by atoms with Crippen molar-refractivity contribution >= 4 is 11.8 Å². The van der Waals surface area contributed by atoms with Gasteiger partial charge >= 0.3 is 5.97 Å². The third-order valence-corrected chi connectivity index (χ3v) is 12.2. The summed E-state index contributed by atoms with van der Waals surface area (Å²) in [6.45, 7) is 5.82. The first kappa shape index (κ1) is 28.7. The van der Waals surface area contributed by atoms with Gasteiger partial charge in [-0.3, -0.25) is 4.79 Å². The molecule has 14 atom stereocenters. The summed E-state index contributed by atoms with van der Waals surface area (Å²) in [5, 5.41) is 45.1. The van der Waals surface area contributed by atoms with E-state index < -0.39 is 65.1 Å². The SMILES string of the molecule is CO[C@H]1[C@@H](O)[C@@H](C)O[C@@H](O[C@H]2CC[C@@]3(C)C(CC[C@@H]4[C@@H]3C(=O)[C@@H](O)[C@]3(C)[C@@H](C5=CC(=O)OC5)CC[C@]43O)C2)[C@@H]1O. The highest BCUT2D eigenvalue weighted by molar-refractivity contribution is 5.90. The molecule has 4 saturated carbocycles. The largest absolute Gasteiger partial charge is 0.458 e. The van der Waals surface area contributed by atoms with Gasteiger partial charge in [0.25, 0.3) is 0 Å². The fourth-order valence-corrected chi connectivity index (χ4v) is 9.86. The zero-order chi connectivity index (χ0) is 28.8. The zero-order valence-corrected chi connectivity index (χ0v) is 23.8. The van der Waals surface area contributed by atoms with E-state index >= 15 is 0 Å². The third kappa shape index (κ3) is 3.86. The van der Waals surface area contributed by atoms with Crippen LogP contribution in [0.3, 0.4) is 0 Å². The Balaban J connectivity index is 1.22. The Labute approximate surface area is 235 Å². The van der Waals surface area contributed by atoms with Crippen LogP contribution in [0, 0.1) is 34.5 Å². The van der Waals surface area contributed by atoms with Crippen LogP contribution in [-0.4, -0.2) is 94.4 Å². The number of aliphatic hydroxyl groups is 4. The highest BCUT2D eigenvalue weighted by Crippen LogP contribution is 2.69. The molecule has 0 amide bonds. The summed E-state index contributed by atoms with van der Waals surface area (Å²) in [5.74, 6) is -1.51. The fraction of sp³-hybridized carbons (Fsp3) is 0.867. The number of ketones is 1. The van der Waals surface area contributed by atoms with Gasteiger partial charge < -0.3 is 39.4 Å². The molecule has 6 rings (SSSR count). The Morgan fingerprint density at radius 3 is 2.45 bits per heavy atom. The summed E-state index contributed by atoms with van der Waals surface area (Å²) < 4.78 is 22.5. The van der Waals surface area contributed by atoms with Gasteiger partial charge in [-0.25, -0.2) is 4.79 Å². The Morgan fingerprint density at radius 2 is 1.77 bits per heavy atom. The molecule has 10 heteroatoms. The lowest BCUT2D eigenvalue weighted by Gasteiger charge is -2.64. The standard InChI is InChI=1S/C30H44O10/c1-14-22(32)25(37-4)24(34)27(39-14)40-17-7-9-28(2)16(12-17)5-6-19-21(28)23(33)26(35)29(3)18(8-10-30(19,29)36)15-11-20(31)38-13-15/h11,14,16-19,21-22,24-27,32,34-36H,5-10,12-13H2,1-4H3/t14-,16?,17+,18-,19-,21-,22+,24-,25+,26-,27+,28+,29+,30+/m1/s1. The molecule has 0 aromatic rings. The van der Waals surface area contributed by atoms with Crippen molar-refractivity contribution in [1.29, 1.82) is 0 Å². The van der Waals surface area contributed by atoms with Crippen LogP contribution in [0.15, 0.2) is 11.6 Å². The molecule has 1 saturated heterocycles. The van der Waals surface area contributed by atoms with Crippen molar-refractivity contribution in [3.63, 3.8) is 0 Å². The number of aliphatic hydroxyl groups excluding tert-OH is 3. The van der Waals surface area contributed by atoms with E-state index in [2.05, 4.69) is 6.92 Å². The Hall–Kier alpha value is -1.40. The van der Waals surface area contributed by atoms with Crippen LogP contribution in [0.25, 0.3) is 0 Å². The van der Waals surface area contributed by atoms with E-state index in [0.717, 1.165) is 12.0 Å².